The summed E-state index contributed by atoms with van der Waals surface area (Å²) in [7, 11) is -3.81. The molecule has 1 aliphatic heterocycles. The number of nitrogens with zero attached hydrogens (tertiary/aromatic N) is 1. The summed E-state index contributed by atoms with van der Waals surface area (Å²) in [6, 6.07) is 3.16. The van der Waals surface area contributed by atoms with E-state index in [9.17, 15) is 17.6 Å². The molecule has 1 aromatic rings. The average molecular weight is 335 g/mol. The monoisotopic (exact) mass is 334 g/mol. The first-order chi connectivity index (χ1) is 9.78. The lowest BCUT2D eigenvalue weighted by molar-refractivity contribution is -0.127. The van der Waals surface area contributed by atoms with E-state index in [0.717, 1.165) is 18.6 Å². The van der Waals surface area contributed by atoms with E-state index >= 15 is 0 Å². The molecule has 1 amide bonds. The second kappa shape index (κ2) is 6.29. The summed E-state index contributed by atoms with van der Waals surface area (Å²) in [6.45, 7) is 2.86. The predicted octanol–water partition coefficient (Wildman–Crippen LogP) is 1.63. The average Bonchev–Trinajstić information content (AvgIpc) is 2.84. The zero-order valence-corrected chi connectivity index (χ0v) is 13.0. The Kier molecular flexibility index (Phi) is 4.85. The maximum Gasteiger partial charge on any atom is 0.240 e. The highest BCUT2D eigenvalue weighted by Gasteiger charge is 2.26. The standard InChI is InChI=1S/C13H16ClFN2O3S/c1-9(18)17-3-2-10(8-17)7-16-21(19,20)13-5-11(14)4-12(15)6-13/h4-6,10,16H,2-3,7-8H2,1H3. The first-order valence-electron chi connectivity index (χ1n) is 6.49. The first-order valence-corrected chi connectivity index (χ1v) is 8.35. The highest BCUT2D eigenvalue weighted by atomic mass is 35.5. The van der Waals surface area contributed by atoms with E-state index in [2.05, 4.69) is 4.72 Å². The highest BCUT2D eigenvalue weighted by molar-refractivity contribution is 7.89. The van der Waals surface area contributed by atoms with Crippen molar-refractivity contribution >= 4 is 27.5 Å². The summed E-state index contributed by atoms with van der Waals surface area (Å²) in [6.07, 6.45) is 0.742. The van der Waals surface area contributed by atoms with Gasteiger partial charge in [-0.05, 0) is 30.5 Å². The molecule has 0 bridgehead atoms. The van der Waals surface area contributed by atoms with Crippen molar-refractivity contribution in [1.82, 2.24) is 9.62 Å². The summed E-state index contributed by atoms with van der Waals surface area (Å²) >= 11 is 5.66. The number of hydrogen-bond acceptors (Lipinski definition) is 3. The van der Waals surface area contributed by atoms with Gasteiger partial charge < -0.3 is 4.90 Å². The minimum absolute atomic E-state index is 0.0164. The SMILES string of the molecule is CC(=O)N1CCC(CNS(=O)(=O)c2cc(F)cc(Cl)c2)C1. The van der Waals surface area contributed by atoms with Crippen LogP contribution in [0.3, 0.4) is 0 Å². The van der Waals surface area contributed by atoms with Crippen molar-refractivity contribution < 1.29 is 17.6 Å². The molecular formula is C13H16ClFN2O3S. The second-order valence-electron chi connectivity index (χ2n) is 5.08. The molecule has 0 spiro atoms. The van der Waals surface area contributed by atoms with Crippen molar-refractivity contribution in [2.75, 3.05) is 19.6 Å². The molecule has 1 N–H and O–H groups in total. The van der Waals surface area contributed by atoms with Crippen LogP contribution in [0.25, 0.3) is 0 Å². The van der Waals surface area contributed by atoms with Crippen molar-refractivity contribution in [1.29, 1.82) is 0 Å². The Bertz CT molecular complexity index is 631. The zero-order valence-electron chi connectivity index (χ0n) is 11.5. The first kappa shape index (κ1) is 16.2. The summed E-state index contributed by atoms with van der Waals surface area (Å²) in [5.74, 6) is -0.656. The number of sulfonamides is 1. The fourth-order valence-electron chi connectivity index (χ4n) is 2.28. The van der Waals surface area contributed by atoms with Crippen molar-refractivity contribution in [2.24, 2.45) is 5.92 Å². The van der Waals surface area contributed by atoms with E-state index < -0.39 is 15.8 Å². The van der Waals surface area contributed by atoms with Crippen LogP contribution in [0.5, 0.6) is 0 Å². The fourth-order valence-corrected chi connectivity index (χ4v) is 3.74. The summed E-state index contributed by atoms with van der Waals surface area (Å²) < 4.78 is 39.8. The van der Waals surface area contributed by atoms with Gasteiger partial charge in [-0.15, -0.1) is 0 Å². The van der Waals surface area contributed by atoms with Crippen LogP contribution < -0.4 is 4.72 Å². The maximum absolute atomic E-state index is 13.2. The normalized spacial score (nSPS) is 19.0. The number of likely N-dealkylation sites (tertiary alicyclic amines) is 1. The molecule has 1 heterocycles. The molecule has 0 aromatic heterocycles. The maximum atomic E-state index is 13.2. The number of carbonyl (C=O) groups excluding carboxylic acids is 1. The number of carbonyl (C=O) groups is 1. The number of rotatable bonds is 4. The van der Waals surface area contributed by atoms with Crippen molar-refractivity contribution in [2.45, 2.75) is 18.2 Å². The van der Waals surface area contributed by atoms with Gasteiger partial charge in [-0.25, -0.2) is 17.5 Å². The summed E-state index contributed by atoms with van der Waals surface area (Å²) in [5, 5.41) is 0.0268. The summed E-state index contributed by atoms with van der Waals surface area (Å²) in [4.78, 5) is 12.7. The van der Waals surface area contributed by atoms with Crippen molar-refractivity contribution in [3.63, 3.8) is 0 Å². The molecule has 5 nitrogen and oxygen atoms in total. The van der Waals surface area contributed by atoms with Gasteiger partial charge in [0.1, 0.15) is 5.82 Å². The topological polar surface area (TPSA) is 66.5 Å². The van der Waals surface area contributed by atoms with Gasteiger partial charge in [-0.3, -0.25) is 4.79 Å². The highest BCUT2D eigenvalue weighted by Crippen LogP contribution is 2.19. The van der Waals surface area contributed by atoms with Gasteiger partial charge in [0.2, 0.25) is 15.9 Å². The quantitative estimate of drug-likeness (QED) is 0.910. The largest absolute Gasteiger partial charge is 0.343 e. The summed E-state index contributed by atoms with van der Waals surface area (Å²) in [5.41, 5.74) is 0. The molecule has 2 rings (SSSR count). The Morgan fingerprint density at radius 2 is 2.19 bits per heavy atom. The Labute approximate surface area is 128 Å². The molecule has 8 heteroatoms. The van der Waals surface area contributed by atoms with Gasteiger partial charge in [0.05, 0.1) is 4.90 Å². The molecule has 0 radical (unpaired) electrons. The van der Waals surface area contributed by atoms with E-state index in [1.54, 1.807) is 4.90 Å². The third kappa shape index (κ3) is 4.15. The third-order valence-corrected chi connectivity index (χ3v) is 5.06. The molecule has 1 atom stereocenters. The molecule has 1 unspecified atom stereocenters. The van der Waals surface area contributed by atoms with Crippen LogP contribution >= 0.6 is 11.6 Å². The number of hydrogen-bond donors (Lipinski definition) is 1. The molecule has 116 valence electrons. The Morgan fingerprint density at radius 3 is 2.76 bits per heavy atom. The smallest absolute Gasteiger partial charge is 0.240 e. The van der Waals surface area contributed by atoms with Crippen LogP contribution in [0.15, 0.2) is 23.1 Å². The number of nitrogens with one attached hydrogen (secondary N) is 1. The van der Waals surface area contributed by atoms with Crippen molar-refractivity contribution in [3.05, 3.63) is 29.0 Å². The Balaban J connectivity index is 2.00. The minimum atomic E-state index is -3.81. The molecule has 1 aromatic carbocycles. The van der Waals surface area contributed by atoms with E-state index in [4.69, 9.17) is 11.6 Å². The second-order valence-corrected chi connectivity index (χ2v) is 7.28. The Morgan fingerprint density at radius 1 is 1.48 bits per heavy atom. The molecule has 21 heavy (non-hydrogen) atoms. The minimum Gasteiger partial charge on any atom is -0.343 e. The number of benzene rings is 1. The van der Waals surface area contributed by atoms with Gasteiger partial charge in [0.15, 0.2) is 0 Å². The molecular weight excluding hydrogens is 319 g/mol. The van der Waals surface area contributed by atoms with Crippen LogP contribution in [0, 0.1) is 11.7 Å². The molecule has 1 aliphatic rings. The van der Waals surface area contributed by atoms with Gasteiger partial charge in [0.25, 0.3) is 0 Å². The van der Waals surface area contributed by atoms with Crippen molar-refractivity contribution in [3.8, 4) is 0 Å². The van der Waals surface area contributed by atoms with Gasteiger partial charge in [-0.2, -0.15) is 0 Å². The zero-order chi connectivity index (χ0) is 15.6. The van der Waals surface area contributed by atoms with Crippen LogP contribution in [-0.2, 0) is 14.8 Å². The molecule has 1 saturated heterocycles. The molecule has 1 fully saturated rings. The lowest BCUT2D eigenvalue weighted by Crippen LogP contribution is -2.32. The lowest BCUT2D eigenvalue weighted by atomic mass is 10.1. The Hall–Kier alpha value is -1.18. The van der Waals surface area contributed by atoms with E-state index in [1.807, 2.05) is 0 Å². The molecule has 0 saturated carbocycles. The van der Waals surface area contributed by atoms with Gasteiger partial charge >= 0.3 is 0 Å². The predicted molar refractivity (Wildman–Crippen MR) is 77.0 cm³/mol. The number of halogens is 2. The van der Waals surface area contributed by atoms with E-state index in [0.29, 0.717) is 13.1 Å². The van der Waals surface area contributed by atoms with Crippen LogP contribution in [0.2, 0.25) is 5.02 Å². The third-order valence-electron chi connectivity index (χ3n) is 3.44. The van der Waals surface area contributed by atoms with Crippen LogP contribution in [0.1, 0.15) is 13.3 Å². The fraction of sp³-hybridized carbons (Fsp3) is 0.462. The molecule has 0 aliphatic carbocycles. The van der Waals surface area contributed by atoms with Crippen LogP contribution in [-0.4, -0.2) is 38.9 Å². The van der Waals surface area contributed by atoms with Gasteiger partial charge in [-0.1, -0.05) is 11.6 Å². The van der Waals surface area contributed by atoms with Crippen LogP contribution in [0.4, 0.5) is 4.39 Å². The van der Waals surface area contributed by atoms with Gasteiger partial charge in [0, 0.05) is 31.6 Å². The number of amides is 1. The van der Waals surface area contributed by atoms with E-state index in [-0.39, 0.29) is 28.3 Å². The lowest BCUT2D eigenvalue weighted by Gasteiger charge is -2.14. The van der Waals surface area contributed by atoms with E-state index in [1.165, 1.54) is 13.0 Å².